The molecular formula is C10H9NO3U. The summed E-state index contributed by atoms with van der Waals surface area (Å²) in [5.41, 5.74) is 1.30. The normalized spacial score (nSPS) is 7.53. The zero-order valence-corrected chi connectivity index (χ0v) is 12.3. The first kappa shape index (κ1) is 16.5. The molecule has 1 rings (SSSR count). The largest absolute Gasteiger partial charge is 2.00 e. The molecule has 0 aliphatic rings. The molecule has 0 saturated heterocycles. The van der Waals surface area contributed by atoms with Crippen LogP contribution in [0.15, 0.2) is 24.3 Å². The smallest absolute Gasteiger partial charge is 0.595 e. The summed E-state index contributed by atoms with van der Waals surface area (Å²) in [6, 6.07) is 7.01. The van der Waals surface area contributed by atoms with E-state index in [0.717, 1.165) is 5.56 Å². The van der Waals surface area contributed by atoms with E-state index in [4.69, 9.17) is 4.79 Å². The summed E-state index contributed by atoms with van der Waals surface area (Å²) >= 11 is 0. The van der Waals surface area contributed by atoms with Gasteiger partial charge in [-0.3, -0.25) is 6.79 Å². The molecule has 15 heavy (non-hydrogen) atoms. The van der Waals surface area contributed by atoms with Crippen LogP contribution in [0.5, 0.6) is 0 Å². The summed E-state index contributed by atoms with van der Waals surface area (Å²) in [6.45, 7) is 5.05. The first-order valence-corrected chi connectivity index (χ1v) is 3.73. The van der Waals surface area contributed by atoms with E-state index in [1.807, 2.05) is 6.07 Å². The fraction of sp³-hybridized carbons (Fsp3) is 0.100. The number of hydrogen-bond donors (Lipinski definition) is 0. The second-order valence-electron chi connectivity index (χ2n) is 2.35. The van der Waals surface area contributed by atoms with Gasteiger partial charge in [0.05, 0.1) is 5.91 Å². The molecule has 0 spiro atoms. The van der Waals surface area contributed by atoms with E-state index >= 15 is 0 Å². The molecule has 0 fully saturated rings. The molecule has 2 amide bonds. The first-order chi connectivity index (χ1) is 6.75. The maximum absolute atomic E-state index is 11.1. The molecule has 4 nitrogen and oxygen atoms in total. The van der Waals surface area contributed by atoms with Gasteiger partial charge in [-0.15, -0.1) is 0 Å². The summed E-state index contributed by atoms with van der Waals surface area (Å²) in [7, 11) is 0. The van der Waals surface area contributed by atoms with E-state index in [1.54, 1.807) is 25.1 Å². The van der Waals surface area contributed by atoms with Gasteiger partial charge in [0.1, 0.15) is 0 Å². The van der Waals surface area contributed by atoms with Gasteiger partial charge in [0, 0.05) is 12.0 Å². The van der Waals surface area contributed by atoms with Crippen LogP contribution in [-0.2, 0) is 9.59 Å². The number of hydrogen-bond acceptors (Lipinski definition) is 3. The number of aryl methyl sites for hydroxylation is 1. The van der Waals surface area contributed by atoms with Crippen molar-refractivity contribution in [3.8, 4) is 0 Å². The molecule has 1 aromatic carbocycles. The molecule has 1 aromatic rings. The molecule has 0 saturated carbocycles. The third-order valence-electron chi connectivity index (χ3n) is 1.55. The van der Waals surface area contributed by atoms with Crippen LogP contribution in [0.1, 0.15) is 15.9 Å². The Labute approximate surface area is 112 Å². The third-order valence-corrected chi connectivity index (χ3v) is 1.55. The van der Waals surface area contributed by atoms with Gasteiger partial charge >= 0.3 is 31.1 Å². The molecule has 0 radical (unpaired) electrons. The number of rotatable bonds is 2. The van der Waals surface area contributed by atoms with E-state index in [9.17, 15) is 9.59 Å². The van der Waals surface area contributed by atoms with Crippen LogP contribution in [0.2, 0.25) is 0 Å². The molecule has 0 atom stereocenters. The minimum Gasteiger partial charge on any atom is -0.595 e. The molecule has 0 unspecified atom stereocenters. The number of nitrogens with zero attached hydrogens (tertiary/aromatic N) is 1. The second kappa shape index (κ2) is 9.63. The Morgan fingerprint density at radius 2 is 1.87 bits per heavy atom. The second-order valence-corrected chi connectivity index (χ2v) is 2.35. The van der Waals surface area contributed by atoms with E-state index in [0.29, 0.717) is 5.56 Å². The molecule has 0 heterocycles. The van der Waals surface area contributed by atoms with Crippen molar-refractivity contribution in [1.82, 2.24) is 0 Å². The van der Waals surface area contributed by atoms with Crippen molar-refractivity contribution in [3.63, 3.8) is 0 Å². The van der Waals surface area contributed by atoms with Crippen LogP contribution in [0.3, 0.4) is 0 Å². The molecule has 0 aliphatic carbocycles. The topological polar surface area (TPSA) is 65.3 Å². The average molecular weight is 429 g/mol. The van der Waals surface area contributed by atoms with Gasteiger partial charge in [-0.05, 0) is 12.5 Å². The molecule has 76 valence electrons. The number of carbonyl (C=O) groups is 2. The van der Waals surface area contributed by atoms with Gasteiger partial charge in [0.2, 0.25) is 0 Å². The van der Waals surface area contributed by atoms with Gasteiger partial charge in [-0.2, -0.15) is 0 Å². The minimum absolute atomic E-state index is 0. The molecule has 0 aromatic heterocycles. The number of amides is 2. The number of carbonyl (C=O) groups excluding carboxylic acids is 3. The van der Waals surface area contributed by atoms with Gasteiger partial charge in [-0.1, -0.05) is 24.3 Å². The van der Waals surface area contributed by atoms with Gasteiger partial charge in [0.25, 0.3) is 0 Å². The van der Waals surface area contributed by atoms with Crippen molar-refractivity contribution in [1.29, 1.82) is 0 Å². The SMILES string of the molecule is Cc1ccccc1C(=O)[N-]C=O.[CH-]=O.[U+2]. The van der Waals surface area contributed by atoms with E-state index in [1.165, 1.54) is 0 Å². The summed E-state index contributed by atoms with van der Waals surface area (Å²) in [6.07, 6.45) is 0.259. The van der Waals surface area contributed by atoms with E-state index in [2.05, 4.69) is 12.1 Å². The van der Waals surface area contributed by atoms with Gasteiger partial charge < -0.3 is 19.7 Å². The fourth-order valence-corrected chi connectivity index (χ4v) is 0.930. The summed E-state index contributed by atoms with van der Waals surface area (Å²) < 4.78 is 0. The van der Waals surface area contributed by atoms with Crippen LogP contribution < -0.4 is 0 Å². The van der Waals surface area contributed by atoms with Crippen molar-refractivity contribution < 1.29 is 45.5 Å². The number of benzene rings is 1. The molecule has 0 bridgehead atoms. The van der Waals surface area contributed by atoms with Crippen LogP contribution in [0.25, 0.3) is 5.32 Å². The molecule has 0 N–H and O–H groups in total. The van der Waals surface area contributed by atoms with Gasteiger partial charge in [-0.25, -0.2) is 0 Å². The van der Waals surface area contributed by atoms with Crippen molar-refractivity contribution in [2.24, 2.45) is 0 Å². The van der Waals surface area contributed by atoms with Crippen molar-refractivity contribution in [2.75, 3.05) is 0 Å². The Morgan fingerprint density at radius 3 is 2.33 bits per heavy atom. The average Bonchev–Trinajstić information content (AvgIpc) is 2.22. The maximum atomic E-state index is 11.1. The molecule has 5 heteroatoms. The Balaban J connectivity index is 0. The first-order valence-electron chi connectivity index (χ1n) is 3.73. The zero-order valence-electron chi connectivity index (χ0n) is 8.14. The van der Waals surface area contributed by atoms with Crippen molar-refractivity contribution >= 4 is 19.1 Å². The standard InChI is InChI=1S/C9H9NO2.CHO.U/c1-7-4-2-3-5-8(7)9(12)10-6-11;1-2;/h2-6H,1H3,(H,10,11,12);1H;/q;-1;+2/p-1. The quantitative estimate of drug-likeness (QED) is 0.528. The van der Waals surface area contributed by atoms with Crippen LogP contribution >= 0.6 is 0 Å². The predicted molar refractivity (Wildman–Crippen MR) is 51.7 cm³/mol. The van der Waals surface area contributed by atoms with Crippen molar-refractivity contribution in [3.05, 3.63) is 40.7 Å². The Bertz CT molecular complexity index is 328. The Hall–Kier alpha value is -0.918. The number of imide groups is 1. The monoisotopic (exact) mass is 429 g/mol. The van der Waals surface area contributed by atoms with E-state index < -0.39 is 5.91 Å². The molecule has 0 aliphatic heterocycles. The van der Waals surface area contributed by atoms with Crippen molar-refractivity contribution in [2.45, 2.75) is 6.92 Å². The summed E-state index contributed by atoms with van der Waals surface area (Å²) in [5, 5.41) is 3.14. The minimum atomic E-state index is -0.483. The third kappa shape index (κ3) is 5.51. The zero-order chi connectivity index (χ0) is 11.0. The van der Waals surface area contributed by atoms with E-state index in [-0.39, 0.29) is 37.5 Å². The summed E-state index contributed by atoms with van der Waals surface area (Å²) in [4.78, 5) is 28.7. The maximum Gasteiger partial charge on any atom is 2.00 e. The van der Waals surface area contributed by atoms with Crippen LogP contribution in [0.4, 0.5) is 0 Å². The van der Waals surface area contributed by atoms with Crippen LogP contribution in [-0.4, -0.2) is 19.1 Å². The summed E-state index contributed by atoms with van der Waals surface area (Å²) in [5.74, 6) is -0.483. The molecular weight excluding hydrogens is 420 g/mol. The Morgan fingerprint density at radius 1 is 1.33 bits per heavy atom. The Kier molecular flexibility index (Phi) is 10.6. The van der Waals surface area contributed by atoms with Gasteiger partial charge in [0.15, 0.2) is 0 Å². The fourth-order valence-electron chi connectivity index (χ4n) is 0.930. The van der Waals surface area contributed by atoms with Crippen LogP contribution in [0, 0.1) is 38.0 Å². The predicted octanol–water partition coefficient (Wildman–Crippen LogP) is 1.39.